The van der Waals surface area contributed by atoms with Gasteiger partial charge in [-0.1, -0.05) is 11.6 Å². The minimum absolute atomic E-state index is 0.00782. The van der Waals surface area contributed by atoms with Gasteiger partial charge in [-0.15, -0.1) is 0 Å². The third-order valence-corrected chi connectivity index (χ3v) is 4.08. The van der Waals surface area contributed by atoms with Gasteiger partial charge >= 0.3 is 5.82 Å². The Balaban J connectivity index is 2.31. The van der Waals surface area contributed by atoms with E-state index in [1.165, 1.54) is 18.2 Å². The van der Waals surface area contributed by atoms with Crippen molar-refractivity contribution >= 4 is 33.1 Å². The lowest BCUT2D eigenvalue weighted by molar-refractivity contribution is -0.389. The van der Waals surface area contributed by atoms with Crippen molar-refractivity contribution < 1.29 is 18.4 Å². The van der Waals surface area contributed by atoms with E-state index in [4.69, 9.17) is 11.6 Å². The zero-order chi connectivity index (χ0) is 15.6. The normalized spacial score (nSPS) is 11.1. The van der Waals surface area contributed by atoms with Gasteiger partial charge in [-0.2, -0.15) is 0 Å². The molecule has 1 aromatic heterocycles. The van der Waals surface area contributed by atoms with Gasteiger partial charge in [-0.25, -0.2) is 8.42 Å². The molecule has 0 fully saturated rings. The number of anilines is 1. The number of aromatic nitrogens is 1. The van der Waals surface area contributed by atoms with Crippen molar-refractivity contribution in [2.45, 2.75) is 4.90 Å². The highest BCUT2D eigenvalue weighted by Gasteiger charge is 2.19. The van der Waals surface area contributed by atoms with Crippen LogP contribution in [-0.4, -0.2) is 23.4 Å². The maximum Gasteiger partial charge on any atom is 0.363 e. The molecule has 2 rings (SSSR count). The third kappa shape index (κ3) is 3.38. The van der Waals surface area contributed by atoms with Crippen LogP contribution in [0.15, 0.2) is 41.4 Å². The van der Waals surface area contributed by atoms with Crippen LogP contribution in [0.5, 0.6) is 5.75 Å². The molecule has 0 amide bonds. The summed E-state index contributed by atoms with van der Waals surface area (Å²) in [6.07, 6.45) is 0.870. The van der Waals surface area contributed by atoms with Gasteiger partial charge < -0.3 is 15.2 Å². The Kier molecular flexibility index (Phi) is 3.96. The number of rotatable bonds is 4. The van der Waals surface area contributed by atoms with Gasteiger partial charge in [0.15, 0.2) is 6.20 Å². The molecule has 2 N–H and O–H groups in total. The van der Waals surface area contributed by atoms with Crippen LogP contribution in [0.4, 0.5) is 11.5 Å². The van der Waals surface area contributed by atoms with E-state index in [9.17, 15) is 23.6 Å². The van der Waals surface area contributed by atoms with Crippen molar-refractivity contribution in [3.63, 3.8) is 0 Å². The summed E-state index contributed by atoms with van der Waals surface area (Å²) < 4.78 is 26.4. The molecule has 10 heteroatoms. The van der Waals surface area contributed by atoms with E-state index in [1.54, 1.807) is 0 Å². The number of benzene rings is 1. The molecule has 0 spiro atoms. The second kappa shape index (κ2) is 5.54. The second-order valence-electron chi connectivity index (χ2n) is 3.88. The number of halogens is 1. The first-order chi connectivity index (χ1) is 9.79. The number of nitro groups is 1. The summed E-state index contributed by atoms with van der Waals surface area (Å²) >= 11 is 5.80. The van der Waals surface area contributed by atoms with Gasteiger partial charge in [0.1, 0.15) is 10.6 Å². The van der Waals surface area contributed by atoms with Crippen LogP contribution in [0.2, 0.25) is 5.02 Å². The fraction of sp³-hybridized carbons (Fsp3) is 0. The topological polar surface area (TPSA) is 122 Å². The van der Waals surface area contributed by atoms with Crippen LogP contribution in [-0.2, 0) is 10.0 Å². The maximum absolute atomic E-state index is 12.1. The van der Waals surface area contributed by atoms with Crippen LogP contribution in [0.25, 0.3) is 0 Å². The Morgan fingerprint density at radius 2 is 2.00 bits per heavy atom. The summed E-state index contributed by atoms with van der Waals surface area (Å²) in [4.78, 5) is 12.9. The van der Waals surface area contributed by atoms with Crippen molar-refractivity contribution in [2.75, 3.05) is 4.72 Å². The molecule has 0 aliphatic rings. The minimum atomic E-state index is -3.99. The lowest BCUT2D eigenvalue weighted by Gasteiger charge is -2.08. The van der Waals surface area contributed by atoms with E-state index >= 15 is 0 Å². The largest absolute Gasteiger partial charge is 0.508 e. The molecular weight excluding hydrogens is 322 g/mol. The summed E-state index contributed by atoms with van der Waals surface area (Å²) in [5.41, 5.74) is 0.0628. The molecule has 1 aromatic carbocycles. The van der Waals surface area contributed by atoms with E-state index in [2.05, 4.69) is 9.71 Å². The zero-order valence-corrected chi connectivity index (χ0v) is 11.8. The molecule has 0 bridgehead atoms. The monoisotopic (exact) mass is 329 g/mol. The predicted molar refractivity (Wildman–Crippen MR) is 74.8 cm³/mol. The smallest absolute Gasteiger partial charge is 0.363 e. The SMILES string of the molecule is O=[N+]([O-])c1ccc(S(=O)(=O)Nc2ccc(O)cc2Cl)cn1. The molecule has 110 valence electrons. The van der Waals surface area contributed by atoms with Gasteiger partial charge in [-0.05, 0) is 28.1 Å². The molecule has 1 heterocycles. The Labute approximate surface area is 124 Å². The molecule has 0 saturated carbocycles. The fourth-order valence-corrected chi connectivity index (χ4v) is 2.73. The van der Waals surface area contributed by atoms with E-state index in [0.717, 1.165) is 18.3 Å². The lowest BCUT2D eigenvalue weighted by atomic mass is 10.3. The Morgan fingerprint density at radius 1 is 1.29 bits per heavy atom. The first kappa shape index (κ1) is 15.0. The average molecular weight is 330 g/mol. The quantitative estimate of drug-likeness (QED) is 0.503. The van der Waals surface area contributed by atoms with Crippen molar-refractivity contribution in [3.8, 4) is 5.75 Å². The van der Waals surface area contributed by atoms with E-state index in [0.29, 0.717) is 0 Å². The first-order valence-corrected chi connectivity index (χ1v) is 7.27. The molecule has 8 nitrogen and oxygen atoms in total. The Morgan fingerprint density at radius 3 is 2.52 bits per heavy atom. The number of sulfonamides is 1. The molecule has 0 atom stereocenters. The van der Waals surface area contributed by atoms with Crippen molar-refractivity contribution in [3.05, 3.63) is 51.7 Å². The summed E-state index contributed by atoms with van der Waals surface area (Å²) in [6.45, 7) is 0. The van der Waals surface area contributed by atoms with Gasteiger partial charge in [-0.3, -0.25) is 4.72 Å². The van der Waals surface area contributed by atoms with Crippen molar-refractivity contribution in [1.29, 1.82) is 0 Å². The van der Waals surface area contributed by atoms with Gasteiger partial charge in [0, 0.05) is 12.1 Å². The highest BCUT2D eigenvalue weighted by atomic mass is 35.5. The number of nitrogens with one attached hydrogen (secondary N) is 1. The number of hydrogen-bond donors (Lipinski definition) is 2. The molecular formula is C11H8ClN3O5S. The summed E-state index contributed by atoms with van der Waals surface area (Å²) in [5, 5.41) is 19.7. The maximum atomic E-state index is 12.1. The Bertz CT molecular complexity index is 792. The van der Waals surface area contributed by atoms with Crippen molar-refractivity contribution in [1.82, 2.24) is 4.98 Å². The first-order valence-electron chi connectivity index (χ1n) is 5.41. The predicted octanol–water partition coefficient (Wildman–Crippen LogP) is 2.15. The molecule has 0 saturated heterocycles. The summed E-state index contributed by atoms with van der Waals surface area (Å²) in [5.74, 6) is -0.573. The van der Waals surface area contributed by atoms with Crippen LogP contribution in [0.1, 0.15) is 0 Å². The van der Waals surface area contributed by atoms with Crippen molar-refractivity contribution in [2.24, 2.45) is 0 Å². The second-order valence-corrected chi connectivity index (χ2v) is 5.97. The molecule has 0 radical (unpaired) electrons. The number of phenols is 1. The lowest BCUT2D eigenvalue weighted by Crippen LogP contribution is -2.13. The van der Waals surface area contributed by atoms with Gasteiger partial charge in [0.2, 0.25) is 0 Å². The summed E-state index contributed by atoms with van der Waals surface area (Å²) in [7, 11) is -3.99. The van der Waals surface area contributed by atoms with Crippen LogP contribution >= 0.6 is 11.6 Å². The Hall–Kier alpha value is -2.39. The molecule has 0 aliphatic carbocycles. The van der Waals surface area contributed by atoms with E-state index in [1.807, 2.05) is 0 Å². The molecule has 21 heavy (non-hydrogen) atoms. The van der Waals surface area contributed by atoms with Crippen LogP contribution in [0, 0.1) is 10.1 Å². The number of aromatic hydroxyl groups is 1. The molecule has 0 unspecified atom stereocenters. The van der Waals surface area contributed by atoms with E-state index < -0.39 is 20.8 Å². The van der Waals surface area contributed by atoms with Crippen LogP contribution in [0.3, 0.4) is 0 Å². The average Bonchev–Trinajstić information content (AvgIpc) is 2.42. The van der Waals surface area contributed by atoms with Crippen LogP contribution < -0.4 is 4.72 Å². The highest BCUT2D eigenvalue weighted by molar-refractivity contribution is 7.92. The highest BCUT2D eigenvalue weighted by Crippen LogP contribution is 2.28. The number of nitrogens with zero attached hydrogens (tertiary/aromatic N) is 2. The standard InChI is InChI=1S/C11H8ClN3O5S/c12-9-5-7(16)1-3-10(9)14-21(19,20)8-2-4-11(13-6-8)15(17)18/h1-6,14,16H. The van der Waals surface area contributed by atoms with Gasteiger partial charge in [0.05, 0.1) is 10.7 Å². The third-order valence-electron chi connectivity index (χ3n) is 2.42. The van der Waals surface area contributed by atoms with E-state index in [-0.39, 0.29) is 21.4 Å². The minimum Gasteiger partial charge on any atom is -0.508 e. The fourth-order valence-electron chi connectivity index (χ4n) is 1.43. The number of pyridine rings is 1. The van der Waals surface area contributed by atoms with Gasteiger partial charge in [0.25, 0.3) is 10.0 Å². The number of phenolic OH excluding ortho intramolecular Hbond substituents is 1. The number of hydrogen-bond acceptors (Lipinski definition) is 6. The zero-order valence-electron chi connectivity index (χ0n) is 10.2. The molecule has 0 aliphatic heterocycles. The summed E-state index contributed by atoms with van der Waals surface area (Å²) in [6, 6.07) is 5.76. The molecule has 2 aromatic rings.